The fraction of sp³-hybridized carbons (Fsp3) is 0. The molecule has 0 atom stereocenters. The molecule has 0 spiro atoms. The number of aromatic nitrogens is 2. The van der Waals surface area contributed by atoms with E-state index in [-0.39, 0.29) is 0 Å². The van der Waals surface area contributed by atoms with Crippen molar-refractivity contribution in [2.24, 2.45) is 0 Å². The normalized spacial score (nSPS) is 12.0. The van der Waals surface area contributed by atoms with Crippen LogP contribution < -0.4 is 0 Å². The molecule has 0 amide bonds. The maximum Gasteiger partial charge on any atom is 0.137 e. The van der Waals surface area contributed by atoms with Crippen LogP contribution in [0.1, 0.15) is 0 Å². The molecule has 0 aliphatic heterocycles. The number of rotatable bonds is 4. The maximum atomic E-state index is 6.45. The minimum absolute atomic E-state index is 0.898. The summed E-state index contributed by atoms with van der Waals surface area (Å²) in [6.07, 6.45) is 0. The van der Waals surface area contributed by atoms with Gasteiger partial charge in [-0.1, -0.05) is 127 Å². The highest BCUT2D eigenvalue weighted by Crippen LogP contribution is 2.43. The van der Waals surface area contributed by atoms with Crippen molar-refractivity contribution >= 4 is 76.3 Å². The zero-order valence-electron chi connectivity index (χ0n) is 29.8. The van der Waals surface area contributed by atoms with E-state index in [0.717, 1.165) is 33.3 Å². The van der Waals surface area contributed by atoms with E-state index in [1.807, 2.05) is 6.07 Å². The van der Waals surface area contributed by atoms with Gasteiger partial charge in [-0.2, -0.15) is 0 Å². The van der Waals surface area contributed by atoms with Crippen LogP contribution in [0.5, 0.6) is 0 Å². The van der Waals surface area contributed by atoms with E-state index in [1.165, 1.54) is 76.6 Å². The van der Waals surface area contributed by atoms with E-state index < -0.39 is 0 Å². The second kappa shape index (κ2) is 11.6. The highest BCUT2D eigenvalue weighted by Gasteiger charge is 2.21. The van der Waals surface area contributed by atoms with Gasteiger partial charge in [0.15, 0.2) is 0 Å². The number of furan rings is 1. The highest BCUT2D eigenvalue weighted by molar-refractivity contribution is 6.25. The second-order valence-corrected chi connectivity index (χ2v) is 14.5. The molecule has 0 unspecified atom stereocenters. The van der Waals surface area contributed by atoms with Gasteiger partial charge in [-0.25, -0.2) is 0 Å². The highest BCUT2D eigenvalue weighted by atomic mass is 16.3. The molecular formula is C52H32N2O. The maximum absolute atomic E-state index is 6.45. The summed E-state index contributed by atoms with van der Waals surface area (Å²) in [7, 11) is 0. The van der Waals surface area contributed by atoms with Crippen LogP contribution in [0.4, 0.5) is 0 Å². The first-order chi connectivity index (χ1) is 27.3. The predicted molar refractivity (Wildman–Crippen MR) is 231 cm³/mol. The molecule has 0 aliphatic rings. The van der Waals surface area contributed by atoms with Crippen molar-refractivity contribution in [3.8, 4) is 33.6 Å². The first-order valence-electron chi connectivity index (χ1n) is 18.8. The second-order valence-electron chi connectivity index (χ2n) is 14.5. The van der Waals surface area contributed by atoms with Gasteiger partial charge in [-0.15, -0.1) is 0 Å². The third-order valence-electron chi connectivity index (χ3n) is 11.5. The van der Waals surface area contributed by atoms with Crippen molar-refractivity contribution < 1.29 is 4.42 Å². The van der Waals surface area contributed by atoms with E-state index >= 15 is 0 Å². The van der Waals surface area contributed by atoms with Gasteiger partial charge in [-0.3, -0.25) is 0 Å². The van der Waals surface area contributed by atoms with Gasteiger partial charge >= 0.3 is 0 Å². The van der Waals surface area contributed by atoms with Crippen LogP contribution >= 0.6 is 0 Å². The minimum Gasteiger partial charge on any atom is -0.456 e. The average molecular weight is 701 g/mol. The Morgan fingerprint density at radius 1 is 0.327 bits per heavy atom. The van der Waals surface area contributed by atoms with Gasteiger partial charge in [0, 0.05) is 38.0 Å². The Balaban J connectivity index is 1.10. The first kappa shape index (κ1) is 30.1. The zero-order valence-corrected chi connectivity index (χ0v) is 29.8. The van der Waals surface area contributed by atoms with Gasteiger partial charge in [0.25, 0.3) is 0 Å². The van der Waals surface area contributed by atoms with E-state index in [1.54, 1.807) is 0 Å². The smallest absolute Gasteiger partial charge is 0.137 e. The van der Waals surface area contributed by atoms with E-state index in [9.17, 15) is 0 Å². The number of fused-ring (bicyclic) bond motifs is 11. The Bertz CT molecular complexity index is 3480. The third kappa shape index (κ3) is 4.44. The topological polar surface area (TPSA) is 23.0 Å². The molecule has 3 heterocycles. The average Bonchev–Trinajstić information content (AvgIpc) is 3.91. The molecule has 0 aliphatic carbocycles. The molecule has 0 saturated heterocycles. The largest absolute Gasteiger partial charge is 0.456 e. The van der Waals surface area contributed by atoms with Crippen LogP contribution in [-0.4, -0.2) is 9.13 Å². The van der Waals surface area contributed by atoms with E-state index in [2.05, 4.69) is 197 Å². The van der Waals surface area contributed by atoms with Crippen LogP contribution in [0.15, 0.2) is 199 Å². The summed E-state index contributed by atoms with van der Waals surface area (Å²) in [5.41, 5.74) is 13.6. The lowest BCUT2D eigenvalue weighted by molar-refractivity contribution is 0.669. The Morgan fingerprint density at radius 3 is 1.80 bits per heavy atom. The molecule has 55 heavy (non-hydrogen) atoms. The molecule has 0 saturated carbocycles. The van der Waals surface area contributed by atoms with Crippen LogP contribution in [0.3, 0.4) is 0 Å². The summed E-state index contributed by atoms with van der Waals surface area (Å²) in [4.78, 5) is 0. The summed E-state index contributed by atoms with van der Waals surface area (Å²) in [5, 5.41) is 9.61. The Labute approximate surface area is 316 Å². The summed E-state index contributed by atoms with van der Waals surface area (Å²) < 4.78 is 11.3. The first-order valence-corrected chi connectivity index (χ1v) is 18.8. The number of hydrogen-bond donors (Lipinski definition) is 0. The van der Waals surface area contributed by atoms with E-state index in [0.29, 0.717) is 0 Å². The van der Waals surface area contributed by atoms with Crippen molar-refractivity contribution in [1.82, 2.24) is 9.13 Å². The molecule has 0 radical (unpaired) electrons. The predicted octanol–water partition coefficient (Wildman–Crippen LogP) is 14.3. The third-order valence-corrected chi connectivity index (χ3v) is 11.5. The van der Waals surface area contributed by atoms with Crippen LogP contribution in [0.25, 0.3) is 110 Å². The quantitative estimate of drug-likeness (QED) is 0.179. The monoisotopic (exact) mass is 700 g/mol. The molecule has 0 bridgehead atoms. The summed E-state index contributed by atoms with van der Waals surface area (Å²) in [5.74, 6) is 0. The molecule has 3 aromatic heterocycles. The van der Waals surface area contributed by atoms with Gasteiger partial charge in [0.2, 0.25) is 0 Å². The lowest BCUT2D eigenvalue weighted by Crippen LogP contribution is -1.95. The summed E-state index contributed by atoms with van der Waals surface area (Å²) >= 11 is 0. The van der Waals surface area contributed by atoms with Crippen LogP contribution in [-0.2, 0) is 0 Å². The van der Waals surface area contributed by atoms with Gasteiger partial charge in [0.05, 0.1) is 33.1 Å². The summed E-state index contributed by atoms with van der Waals surface area (Å²) in [6, 6.07) is 70.3. The van der Waals surface area contributed by atoms with Crippen molar-refractivity contribution in [3.63, 3.8) is 0 Å². The Hall–Kier alpha value is -7.36. The molecule has 12 rings (SSSR count). The Morgan fingerprint density at radius 2 is 0.945 bits per heavy atom. The zero-order chi connectivity index (χ0) is 36.0. The lowest BCUT2D eigenvalue weighted by atomic mass is 10.00. The number of benzene rings is 9. The molecule has 0 N–H and O–H groups in total. The molecule has 0 fully saturated rings. The van der Waals surface area contributed by atoms with Crippen LogP contribution in [0.2, 0.25) is 0 Å². The molecule has 12 aromatic rings. The van der Waals surface area contributed by atoms with Crippen molar-refractivity contribution in [2.45, 2.75) is 0 Å². The number of nitrogens with zero attached hydrogens (tertiary/aromatic N) is 2. The Kier molecular flexibility index (Phi) is 6.34. The standard InChI is InChI=1S/C52H32N2O/c1-2-12-33(13-3-1)35-16-10-17-38(30-35)53-46-21-8-6-19-40(46)43-31-36(24-27-47(43)53)37-25-28-48-44(32-37)41-26-29-50-51(42-20-7-9-23-49(42)55-50)52(41)54(48)45-22-11-15-34-14-4-5-18-39(34)45/h1-32H. The van der Waals surface area contributed by atoms with Gasteiger partial charge in [-0.05, 0) is 94.4 Å². The fourth-order valence-electron chi connectivity index (χ4n) is 9.03. The number of hydrogen-bond acceptors (Lipinski definition) is 1. The molecule has 3 nitrogen and oxygen atoms in total. The van der Waals surface area contributed by atoms with Crippen molar-refractivity contribution in [3.05, 3.63) is 194 Å². The SMILES string of the molecule is c1ccc(-c2cccc(-n3c4ccccc4c4cc(-c5ccc6c(c5)c5ccc7oc8ccccc8c7c5n6-c5cccc6ccccc56)ccc43)c2)cc1. The number of para-hydroxylation sites is 2. The van der Waals surface area contributed by atoms with Crippen molar-refractivity contribution in [2.75, 3.05) is 0 Å². The minimum atomic E-state index is 0.898. The fourth-order valence-corrected chi connectivity index (χ4v) is 9.03. The summed E-state index contributed by atoms with van der Waals surface area (Å²) in [6.45, 7) is 0. The molecule has 9 aromatic carbocycles. The van der Waals surface area contributed by atoms with E-state index in [4.69, 9.17) is 4.42 Å². The molecule has 256 valence electrons. The lowest BCUT2D eigenvalue weighted by Gasteiger charge is -2.12. The van der Waals surface area contributed by atoms with Crippen LogP contribution in [0, 0.1) is 0 Å². The van der Waals surface area contributed by atoms with Gasteiger partial charge < -0.3 is 13.6 Å². The molecule has 3 heteroatoms. The van der Waals surface area contributed by atoms with Crippen molar-refractivity contribution in [1.29, 1.82) is 0 Å². The van der Waals surface area contributed by atoms with Gasteiger partial charge in [0.1, 0.15) is 11.2 Å². The molecular weight excluding hydrogens is 669 g/mol.